The molecule has 266 valence electrons. The van der Waals surface area contributed by atoms with Gasteiger partial charge in [-0.15, -0.1) is 0 Å². The lowest BCUT2D eigenvalue weighted by molar-refractivity contribution is -0.130. The number of thiol groups is 1. The van der Waals surface area contributed by atoms with E-state index >= 15 is 0 Å². The fourth-order valence-corrected chi connectivity index (χ4v) is 8.63. The fraction of sp³-hybridized carbons (Fsp3) is 0.385. The van der Waals surface area contributed by atoms with E-state index in [0.29, 0.717) is 23.8 Å². The Kier molecular flexibility index (Phi) is 12.2. The van der Waals surface area contributed by atoms with Crippen molar-refractivity contribution < 1.29 is 24.3 Å². The highest BCUT2D eigenvalue weighted by atomic mass is 32.2. The van der Waals surface area contributed by atoms with Crippen molar-refractivity contribution in [2.45, 2.75) is 81.5 Å². The number of amides is 4. The number of allylic oxidation sites excluding steroid dienone is 2. The Hall–Kier alpha value is -4.45. The van der Waals surface area contributed by atoms with Gasteiger partial charge in [-0.1, -0.05) is 72.8 Å². The van der Waals surface area contributed by atoms with Crippen molar-refractivity contribution in [1.82, 2.24) is 20.9 Å². The lowest BCUT2D eigenvalue weighted by atomic mass is 9.96. The van der Waals surface area contributed by atoms with Crippen molar-refractivity contribution in [3.05, 3.63) is 107 Å². The topological polar surface area (TPSA) is 154 Å². The number of fused-ring (bicyclic) bond motifs is 1. The van der Waals surface area contributed by atoms with Crippen molar-refractivity contribution in [2.24, 2.45) is 5.73 Å². The summed E-state index contributed by atoms with van der Waals surface area (Å²) in [6, 6.07) is 19.7. The largest absolute Gasteiger partial charge is 0.390 e. The standard InChI is InChI=1S/C39H49N5O5S/c1-39(2,3)43-38(49)33-23-30(50-19-9-10-20-50)17-18-44(33)25-34(45)31(21-26-11-5-4-6-12-26)41-37(48)32(24-35(40)46)42-36(47)29-16-15-27-13-7-8-14-28(27)22-29/h4-16,19-20,22,30-34,45,50H,17-18,21,23-25H2,1-3H3,(H2,40,46)(H,41,48)(H,42,47)(H,43,49)/t30-,31-,32+,33-,34-/m1/s1. The number of rotatable bonds is 13. The number of β-amino-alcohol motifs (C(OH)–C–C–N with tert-alkyl or cyclic N) is 1. The maximum atomic E-state index is 13.8. The van der Waals surface area contributed by atoms with E-state index < -0.39 is 64.8 Å². The second kappa shape index (κ2) is 16.5. The molecule has 0 aliphatic carbocycles. The van der Waals surface area contributed by atoms with Gasteiger partial charge in [0, 0.05) is 24.2 Å². The van der Waals surface area contributed by atoms with E-state index in [0.717, 1.165) is 22.8 Å². The van der Waals surface area contributed by atoms with E-state index in [9.17, 15) is 24.3 Å². The molecule has 0 aromatic heterocycles. The van der Waals surface area contributed by atoms with Crippen LogP contribution < -0.4 is 21.7 Å². The Morgan fingerprint density at radius 3 is 2.30 bits per heavy atom. The molecule has 11 heteroatoms. The molecular formula is C39H49N5O5S. The zero-order valence-electron chi connectivity index (χ0n) is 28.9. The summed E-state index contributed by atoms with van der Waals surface area (Å²) in [4.78, 5) is 55.0. The lowest BCUT2D eigenvalue weighted by Crippen LogP contribution is -2.60. The number of hydrogen-bond donors (Lipinski definition) is 6. The van der Waals surface area contributed by atoms with Gasteiger partial charge in [-0.3, -0.25) is 24.1 Å². The second-order valence-electron chi connectivity index (χ2n) is 14.2. The SMILES string of the molecule is CC(C)(C)NC(=O)[C@H]1C[C@H]([SH]2C=CC=C2)CCN1C[C@@H](O)[C@@H](Cc1ccccc1)NC(=O)[C@H](CC(N)=O)NC(=O)c1ccc2ccccc2c1. The summed E-state index contributed by atoms with van der Waals surface area (Å²) in [5.74, 6) is -2.01. The van der Waals surface area contributed by atoms with Crippen molar-refractivity contribution in [1.29, 1.82) is 0 Å². The number of benzene rings is 3. The van der Waals surface area contributed by atoms with Gasteiger partial charge in [-0.05, 0) is 84.6 Å². The van der Waals surface area contributed by atoms with Crippen LogP contribution in [0.5, 0.6) is 0 Å². The van der Waals surface area contributed by atoms with Gasteiger partial charge >= 0.3 is 0 Å². The summed E-state index contributed by atoms with van der Waals surface area (Å²) < 4.78 is 0. The van der Waals surface area contributed by atoms with E-state index in [-0.39, 0.29) is 18.9 Å². The van der Waals surface area contributed by atoms with Gasteiger partial charge in [-0.25, -0.2) is 10.9 Å². The predicted molar refractivity (Wildman–Crippen MR) is 201 cm³/mol. The molecule has 2 aliphatic rings. The van der Waals surface area contributed by atoms with Crippen LogP contribution in [-0.2, 0) is 20.8 Å². The zero-order valence-corrected chi connectivity index (χ0v) is 29.8. The molecule has 5 rings (SSSR count). The molecule has 2 aliphatic heterocycles. The third kappa shape index (κ3) is 10.1. The van der Waals surface area contributed by atoms with Crippen LogP contribution in [0.3, 0.4) is 0 Å². The Morgan fingerprint density at radius 2 is 1.62 bits per heavy atom. The van der Waals surface area contributed by atoms with Crippen molar-refractivity contribution in [2.75, 3.05) is 13.1 Å². The molecule has 0 spiro atoms. The lowest BCUT2D eigenvalue weighted by Gasteiger charge is -2.43. The highest BCUT2D eigenvalue weighted by molar-refractivity contribution is 8.22. The van der Waals surface area contributed by atoms with E-state index in [1.807, 2.05) is 86.3 Å². The first-order valence-corrected chi connectivity index (χ1v) is 18.7. The average Bonchev–Trinajstić information content (AvgIpc) is 3.62. The summed E-state index contributed by atoms with van der Waals surface area (Å²) in [5.41, 5.74) is 6.32. The summed E-state index contributed by atoms with van der Waals surface area (Å²) in [7, 11) is -0.452. The van der Waals surface area contributed by atoms with E-state index in [1.54, 1.807) is 12.1 Å². The Labute approximate surface area is 296 Å². The third-order valence-corrected chi connectivity index (χ3v) is 11.4. The molecule has 0 bridgehead atoms. The number of nitrogens with two attached hydrogens (primary N) is 1. The number of piperidine rings is 1. The van der Waals surface area contributed by atoms with E-state index in [2.05, 4.69) is 38.9 Å². The van der Waals surface area contributed by atoms with Crippen LogP contribution in [0, 0.1) is 0 Å². The number of hydrogen-bond acceptors (Lipinski definition) is 6. The van der Waals surface area contributed by atoms with Crippen LogP contribution in [0.4, 0.5) is 0 Å². The van der Waals surface area contributed by atoms with Gasteiger partial charge in [0.2, 0.25) is 17.7 Å². The van der Waals surface area contributed by atoms with Gasteiger partial charge in [0.1, 0.15) is 6.04 Å². The summed E-state index contributed by atoms with van der Waals surface area (Å²) in [6.45, 7) is 6.60. The van der Waals surface area contributed by atoms with Crippen LogP contribution >= 0.6 is 10.9 Å². The molecular weight excluding hydrogens is 651 g/mol. The average molecular weight is 700 g/mol. The number of aliphatic hydroxyl groups excluding tert-OH is 1. The maximum absolute atomic E-state index is 13.8. The molecule has 50 heavy (non-hydrogen) atoms. The van der Waals surface area contributed by atoms with Crippen molar-refractivity contribution in [3.63, 3.8) is 0 Å². The molecule has 3 aromatic rings. The molecule has 3 aromatic carbocycles. The highest BCUT2D eigenvalue weighted by Crippen LogP contribution is 2.44. The quantitative estimate of drug-likeness (QED) is 0.150. The third-order valence-electron chi connectivity index (χ3n) is 9.09. The molecule has 6 N–H and O–H groups in total. The van der Waals surface area contributed by atoms with E-state index in [1.165, 1.54) is 0 Å². The molecule has 5 atom stereocenters. The first-order chi connectivity index (χ1) is 23.9. The Balaban J connectivity index is 1.34. The minimum atomic E-state index is -1.27. The number of nitrogens with one attached hydrogen (secondary N) is 3. The molecule has 1 saturated heterocycles. The molecule has 1 fully saturated rings. The predicted octanol–water partition coefficient (Wildman–Crippen LogP) is 3.69. The van der Waals surface area contributed by atoms with Crippen LogP contribution in [-0.4, -0.2) is 81.7 Å². The second-order valence-corrected chi connectivity index (χ2v) is 16.4. The fourth-order valence-electron chi connectivity index (χ4n) is 6.59. The van der Waals surface area contributed by atoms with Crippen LogP contribution in [0.25, 0.3) is 10.8 Å². The number of aliphatic hydroxyl groups is 1. The Bertz CT molecular complexity index is 1730. The number of nitrogens with zero attached hydrogens (tertiary/aromatic N) is 1. The first-order valence-electron chi connectivity index (χ1n) is 17.1. The van der Waals surface area contributed by atoms with Crippen LogP contribution in [0.15, 0.2) is 95.8 Å². The zero-order chi connectivity index (χ0) is 35.8. The molecule has 0 radical (unpaired) electrons. The maximum Gasteiger partial charge on any atom is 0.251 e. The number of likely N-dealkylation sites (tertiary alicyclic amines) is 1. The molecule has 0 unspecified atom stereocenters. The molecule has 10 nitrogen and oxygen atoms in total. The smallest absolute Gasteiger partial charge is 0.251 e. The summed E-state index contributed by atoms with van der Waals surface area (Å²) >= 11 is 0. The van der Waals surface area contributed by atoms with Crippen molar-refractivity contribution in [3.8, 4) is 0 Å². The Morgan fingerprint density at radius 1 is 0.940 bits per heavy atom. The van der Waals surface area contributed by atoms with Gasteiger partial charge in [0.15, 0.2) is 0 Å². The summed E-state index contributed by atoms with van der Waals surface area (Å²) in [5, 5.41) is 27.2. The molecule has 0 saturated carbocycles. The minimum absolute atomic E-state index is 0.0851. The van der Waals surface area contributed by atoms with Crippen molar-refractivity contribution >= 4 is 45.3 Å². The van der Waals surface area contributed by atoms with E-state index in [4.69, 9.17) is 5.73 Å². The number of carbonyl (C=O) groups excluding carboxylic acids is 4. The number of primary amides is 1. The monoisotopic (exact) mass is 699 g/mol. The minimum Gasteiger partial charge on any atom is -0.390 e. The first kappa shape index (κ1) is 36.8. The molecule has 2 heterocycles. The summed E-state index contributed by atoms with van der Waals surface area (Å²) in [6.07, 6.45) is 4.45. The van der Waals surface area contributed by atoms with Gasteiger partial charge in [0.25, 0.3) is 5.91 Å². The normalized spacial score (nSPS) is 20.2. The highest BCUT2D eigenvalue weighted by Gasteiger charge is 2.38. The van der Waals surface area contributed by atoms with Crippen LogP contribution in [0.2, 0.25) is 0 Å². The number of carbonyl (C=O) groups is 4. The van der Waals surface area contributed by atoms with Crippen LogP contribution in [0.1, 0.15) is 56.0 Å². The van der Waals surface area contributed by atoms with Gasteiger partial charge < -0.3 is 26.8 Å². The molecule has 4 amide bonds. The van der Waals surface area contributed by atoms with Gasteiger partial charge in [-0.2, -0.15) is 0 Å². The van der Waals surface area contributed by atoms with Gasteiger partial charge in [0.05, 0.1) is 24.6 Å².